The largest absolute Gasteiger partial charge is 0.298 e. The summed E-state index contributed by atoms with van der Waals surface area (Å²) in [7, 11) is 0. The molecule has 0 aromatic heterocycles. The average Bonchev–Trinajstić information content (AvgIpc) is 2.62. The van der Waals surface area contributed by atoms with E-state index in [-0.39, 0.29) is 6.61 Å². The van der Waals surface area contributed by atoms with Gasteiger partial charge in [0, 0.05) is 5.56 Å². The second kappa shape index (κ2) is 6.85. The van der Waals surface area contributed by atoms with Crippen LogP contribution in [0.1, 0.15) is 15.9 Å². The van der Waals surface area contributed by atoms with Gasteiger partial charge in [-0.3, -0.25) is 14.4 Å². The maximum absolute atomic E-state index is 11.4. The van der Waals surface area contributed by atoms with Gasteiger partial charge in [0.15, 0.2) is 6.29 Å². The van der Waals surface area contributed by atoms with E-state index in [4.69, 9.17) is 4.84 Å². The van der Waals surface area contributed by atoms with Gasteiger partial charge in [-0.15, -0.1) is 0 Å². The van der Waals surface area contributed by atoms with Gasteiger partial charge in [0.2, 0.25) is 6.41 Å². The van der Waals surface area contributed by atoms with Crippen LogP contribution in [0.3, 0.4) is 0 Å². The summed E-state index contributed by atoms with van der Waals surface area (Å²) in [5, 5.41) is 2.97. The zero-order valence-corrected chi connectivity index (χ0v) is 12.4. The lowest BCUT2D eigenvalue weighted by atomic mass is 10.1. The molecule has 23 heavy (non-hydrogen) atoms. The zero-order valence-electron chi connectivity index (χ0n) is 12.4. The van der Waals surface area contributed by atoms with Crippen molar-refractivity contribution in [2.75, 3.05) is 5.06 Å². The standard InChI is InChI=1S/C19H15NO3/c21-12-18-10-16-8-4-5-9-17(16)11-19(18)20(14-22)23-13-15-6-2-1-3-7-15/h1-12,14H,13H2. The molecule has 3 rings (SSSR count). The van der Waals surface area contributed by atoms with Crippen LogP contribution < -0.4 is 5.06 Å². The van der Waals surface area contributed by atoms with Crippen LogP contribution in [0.2, 0.25) is 0 Å². The smallest absolute Gasteiger partial charge is 0.238 e. The number of anilines is 1. The normalized spacial score (nSPS) is 10.4. The Balaban J connectivity index is 1.92. The minimum absolute atomic E-state index is 0.241. The van der Waals surface area contributed by atoms with E-state index < -0.39 is 0 Å². The summed E-state index contributed by atoms with van der Waals surface area (Å²) in [6, 6.07) is 20.7. The zero-order chi connectivity index (χ0) is 16.1. The number of hydroxylamine groups is 1. The molecule has 0 bridgehead atoms. The summed E-state index contributed by atoms with van der Waals surface area (Å²) in [6.07, 6.45) is 1.30. The quantitative estimate of drug-likeness (QED) is 0.515. The van der Waals surface area contributed by atoms with Crippen molar-refractivity contribution in [3.8, 4) is 0 Å². The first-order valence-corrected chi connectivity index (χ1v) is 7.21. The van der Waals surface area contributed by atoms with E-state index in [0.29, 0.717) is 17.7 Å². The first-order valence-electron chi connectivity index (χ1n) is 7.21. The molecule has 0 fully saturated rings. The van der Waals surface area contributed by atoms with Crippen molar-refractivity contribution in [2.24, 2.45) is 0 Å². The van der Waals surface area contributed by atoms with Crippen LogP contribution in [-0.2, 0) is 16.2 Å². The van der Waals surface area contributed by atoms with Gasteiger partial charge in [-0.05, 0) is 28.5 Å². The average molecular weight is 305 g/mol. The lowest BCUT2D eigenvalue weighted by Crippen LogP contribution is -2.22. The highest BCUT2D eigenvalue weighted by atomic mass is 16.7. The van der Waals surface area contributed by atoms with Crippen LogP contribution in [0.25, 0.3) is 10.8 Å². The van der Waals surface area contributed by atoms with E-state index in [1.54, 1.807) is 12.1 Å². The molecule has 0 aliphatic carbocycles. The fourth-order valence-corrected chi connectivity index (χ4v) is 2.41. The molecule has 0 N–H and O–H groups in total. The van der Waals surface area contributed by atoms with Crippen molar-refractivity contribution in [1.29, 1.82) is 0 Å². The SMILES string of the molecule is O=Cc1cc2ccccc2cc1N(C=O)OCc1ccccc1. The summed E-state index contributed by atoms with van der Waals surface area (Å²) >= 11 is 0. The van der Waals surface area contributed by atoms with Crippen LogP contribution in [0.5, 0.6) is 0 Å². The lowest BCUT2D eigenvalue weighted by Gasteiger charge is -2.19. The van der Waals surface area contributed by atoms with Gasteiger partial charge in [0.1, 0.15) is 6.61 Å². The summed E-state index contributed by atoms with van der Waals surface area (Å²) in [4.78, 5) is 28.3. The first kappa shape index (κ1) is 14.9. The maximum atomic E-state index is 11.4. The van der Waals surface area contributed by atoms with Crippen LogP contribution in [-0.4, -0.2) is 12.7 Å². The second-order valence-electron chi connectivity index (χ2n) is 5.07. The summed E-state index contributed by atoms with van der Waals surface area (Å²) in [5.41, 5.74) is 1.78. The number of fused-ring (bicyclic) bond motifs is 1. The Morgan fingerprint density at radius 3 is 2.17 bits per heavy atom. The minimum atomic E-state index is 0.241. The molecule has 0 radical (unpaired) electrons. The van der Waals surface area contributed by atoms with Gasteiger partial charge >= 0.3 is 0 Å². The molecular weight excluding hydrogens is 290 g/mol. The van der Waals surface area contributed by atoms with Gasteiger partial charge in [0.05, 0.1) is 5.69 Å². The van der Waals surface area contributed by atoms with E-state index >= 15 is 0 Å². The summed E-state index contributed by atoms with van der Waals surface area (Å²) in [6.45, 7) is 0.241. The molecule has 3 aromatic carbocycles. The van der Waals surface area contributed by atoms with Gasteiger partial charge in [0.25, 0.3) is 0 Å². The molecule has 4 nitrogen and oxygen atoms in total. The van der Waals surface area contributed by atoms with Crippen molar-refractivity contribution in [1.82, 2.24) is 0 Å². The number of hydrogen-bond donors (Lipinski definition) is 0. The van der Waals surface area contributed by atoms with Crippen LogP contribution >= 0.6 is 0 Å². The van der Waals surface area contributed by atoms with Crippen molar-refractivity contribution in [2.45, 2.75) is 6.61 Å². The minimum Gasteiger partial charge on any atom is -0.298 e. The third kappa shape index (κ3) is 3.27. The predicted molar refractivity (Wildman–Crippen MR) is 89.1 cm³/mol. The number of rotatable bonds is 6. The number of benzene rings is 3. The molecule has 0 spiro atoms. The highest BCUT2D eigenvalue weighted by Crippen LogP contribution is 2.26. The Morgan fingerprint density at radius 1 is 0.870 bits per heavy atom. The van der Waals surface area contributed by atoms with Crippen molar-refractivity contribution < 1.29 is 14.4 Å². The van der Waals surface area contributed by atoms with Gasteiger partial charge in [-0.1, -0.05) is 54.6 Å². The Kier molecular flexibility index (Phi) is 4.45. The maximum Gasteiger partial charge on any atom is 0.238 e. The summed E-state index contributed by atoms with van der Waals surface area (Å²) < 4.78 is 0. The fraction of sp³-hybridized carbons (Fsp3) is 0.0526. The highest BCUT2D eigenvalue weighted by molar-refractivity contribution is 5.98. The van der Waals surface area contributed by atoms with Crippen molar-refractivity contribution in [3.05, 3.63) is 77.9 Å². The molecule has 0 aliphatic heterocycles. The monoisotopic (exact) mass is 305 g/mol. The molecule has 0 atom stereocenters. The number of carbonyl (C=O) groups is 2. The third-order valence-electron chi connectivity index (χ3n) is 3.57. The Bertz CT molecular complexity index is 830. The van der Waals surface area contributed by atoms with E-state index in [0.717, 1.165) is 27.7 Å². The Labute approximate surface area is 133 Å². The van der Waals surface area contributed by atoms with Gasteiger partial charge < -0.3 is 0 Å². The molecule has 0 heterocycles. The first-order chi connectivity index (χ1) is 11.3. The number of hydrogen-bond acceptors (Lipinski definition) is 3. The lowest BCUT2D eigenvalue weighted by molar-refractivity contribution is -0.114. The van der Waals surface area contributed by atoms with E-state index in [1.165, 1.54) is 0 Å². The molecule has 0 aliphatic rings. The predicted octanol–water partition coefficient (Wildman–Crippen LogP) is 3.75. The second-order valence-corrected chi connectivity index (χ2v) is 5.07. The topological polar surface area (TPSA) is 46.6 Å². The number of amides is 1. The molecule has 0 saturated heterocycles. The Morgan fingerprint density at radius 2 is 1.52 bits per heavy atom. The van der Waals surface area contributed by atoms with Crippen LogP contribution in [0, 0.1) is 0 Å². The van der Waals surface area contributed by atoms with Crippen LogP contribution in [0.15, 0.2) is 66.7 Å². The van der Waals surface area contributed by atoms with Crippen molar-refractivity contribution >= 4 is 29.2 Å². The third-order valence-corrected chi connectivity index (χ3v) is 3.57. The van der Waals surface area contributed by atoms with Crippen LogP contribution in [0.4, 0.5) is 5.69 Å². The number of aldehydes is 1. The molecule has 0 unspecified atom stereocenters. The molecular formula is C19H15NO3. The van der Waals surface area contributed by atoms with E-state index in [1.807, 2.05) is 54.6 Å². The fourth-order valence-electron chi connectivity index (χ4n) is 2.41. The van der Waals surface area contributed by atoms with E-state index in [2.05, 4.69) is 0 Å². The highest BCUT2D eigenvalue weighted by Gasteiger charge is 2.13. The van der Waals surface area contributed by atoms with E-state index in [9.17, 15) is 9.59 Å². The molecule has 3 aromatic rings. The van der Waals surface area contributed by atoms with Gasteiger partial charge in [-0.2, -0.15) is 5.06 Å². The molecule has 114 valence electrons. The summed E-state index contributed by atoms with van der Waals surface area (Å²) in [5.74, 6) is 0. The van der Waals surface area contributed by atoms with Gasteiger partial charge in [-0.25, -0.2) is 0 Å². The van der Waals surface area contributed by atoms with Crippen molar-refractivity contribution in [3.63, 3.8) is 0 Å². The molecule has 1 amide bonds. The number of carbonyl (C=O) groups excluding carboxylic acids is 2. The molecule has 0 saturated carbocycles. The Hall–Kier alpha value is -2.98. The molecule has 4 heteroatoms. The number of nitrogens with zero attached hydrogens (tertiary/aromatic N) is 1.